The number of phenolic OH excluding ortho intramolecular Hbond substituents is 1. The van der Waals surface area contributed by atoms with Gasteiger partial charge in [-0.1, -0.05) is 188 Å². The summed E-state index contributed by atoms with van der Waals surface area (Å²) < 4.78 is 0. The van der Waals surface area contributed by atoms with Crippen LogP contribution in [0, 0.1) is 0 Å². The highest BCUT2D eigenvalue weighted by atomic mass is 16.3. The highest BCUT2D eigenvalue weighted by molar-refractivity contribution is 5.91. The summed E-state index contributed by atoms with van der Waals surface area (Å²) in [4.78, 5) is 12.8. The molecule has 0 unspecified atom stereocenters. The number of nitrogens with zero attached hydrogens (tertiary/aromatic N) is 3. The van der Waals surface area contributed by atoms with E-state index >= 15 is 0 Å². The number of benzene rings is 5. The Kier molecular flexibility index (Phi) is 12.1. The molecular formula is C59H67N3O. The molecule has 0 fully saturated rings. The van der Waals surface area contributed by atoms with Gasteiger partial charge in [-0.15, -0.1) is 0 Å². The fraction of sp³-hybridized carbons (Fsp3) is 0.322. The van der Waals surface area contributed by atoms with Gasteiger partial charge < -0.3 is 5.11 Å². The van der Waals surface area contributed by atoms with Crippen LogP contribution in [0.4, 0.5) is 17.2 Å². The van der Waals surface area contributed by atoms with Gasteiger partial charge in [0.2, 0.25) is 0 Å². The van der Waals surface area contributed by atoms with E-state index in [2.05, 4.69) is 229 Å². The van der Waals surface area contributed by atoms with Gasteiger partial charge in [-0.05, 0) is 109 Å². The summed E-state index contributed by atoms with van der Waals surface area (Å²) >= 11 is 0. The van der Waals surface area contributed by atoms with Crippen LogP contribution in [0.1, 0.15) is 131 Å². The fourth-order valence-electron chi connectivity index (χ4n) is 8.27. The average molecular weight is 834 g/mol. The third-order valence-corrected chi connectivity index (χ3v) is 12.2. The zero-order chi connectivity index (χ0) is 45.6. The average Bonchev–Trinajstić information content (AvgIpc) is 3.23. The van der Waals surface area contributed by atoms with E-state index in [1.807, 2.05) is 12.3 Å². The third-order valence-electron chi connectivity index (χ3n) is 12.2. The Balaban J connectivity index is 1.54. The lowest BCUT2D eigenvalue weighted by molar-refractivity contribution is 0.446. The summed E-state index contributed by atoms with van der Waals surface area (Å²) in [6.45, 7) is 31.4. The number of hydrogen-bond acceptors (Lipinski definition) is 4. The molecule has 0 amide bonds. The normalized spacial score (nSPS) is 12.5. The highest BCUT2D eigenvalue weighted by Gasteiger charge is 2.28. The summed E-state index contributed by atoms with van der Waals surface area (Å²) in [5.41, 5.74) is 15.1. The van der Waals surface area contributed by atoms with E-state index in [9.17, 15) is 5.11 Å². The summed E-state index contributed by atoms with van der Waals surface area (Å²) in [7, 11) is 0. The Morgan fingerprint density at radius 2 is 1.05 bits per heavy atom. The van der Waals surface area contributed by atoms with Crippen molar-refractivity contribution in [3.05, 3.63) is 167 Å². The fourth-order valence-corrected chi connectivity index (χ4v) is 8.27. The minimum atomic E-state index is -0.294. The molecule has 0 saturated carbocycles. The van der Waals surface area contributed by atoms with Crippen molar-refractivity contribution in [1.29, 1.82) is 0 Å². The Morgan fingerprint density at radius 1 is 0.476 bits per heavy atom. The first-order valence-corrected chi connectivity index (χ1v) is 22.6. The Hall–Kier alpha value is -6.00. The van der Waals surface area contributed by atoms with Crippen LogP contribution < -0.4 is 4.90 Å². The van der Waals surface area contributed by atoms with Crippen molar-refractivity contribution in [1.82, 2.24) is 9.97 Å². The topological polar surface area (TPSA) is 49.2 Å². The second-order valence-corrected chi connectivity index (χ2v) is 21.7. The number of hydrogen-bond donors (Lipinski definition) is 1. The summed E-state index contributed by atoms with van der Waals surface area (Å²) in [5.74, 6) is 1.35. The van der Waals surface area contributed by atoms with Gasteiger partial charge in [-0.25, -0.2) is 9.97 Å². The lowest BCUT2D eigenvalue weighted by Gasteiger charge is -2.30. The molecule has 324 valence electrons. The van der Waals surface area contributed by atoms with Crippen molar-refractivity contribution in [2.24, 2.45) is 0 Å². The first kappa shape index (κ1) is 45.0. The number of aromatic hydroxyl groups is 1. The van der Waals surface area contributed by atoms with E-state index in [1.165, 1.54) is 16.7 Å². The second-order valence-electron chi connectivity index (χ2n) is 21.7. The van der Waals surface area contributed by atoms with Crippen molar-refractivity contribution in [2.75, 3.05) is 4.90 Å². The van der Waals surface area contributed by atoms with Gasteiger partial charge in [0.1, 0.15) is 11.6 Å². The number of para-hydroxylation sites is 1. The predicted octanol–water partition coefficient (Wildman–Crippen LogP) is 16.6. The number of phenols is 1. The maximum atomic E-state index is 12.3. The molecule has 0 spiro atoms. The van der Waals surface area contributed by atoms with Gasteiger partial charge in [0, 0.05) is 34.1 Å². The van der Waals surface area contributed by atoms with Crippen LogP contribution in [-0.4, -0.2) is 15.1 Å². The number of anilines is 3. The van der Waals surface area contributed by atoms with Crippen molar-refractivity contribution >= 4 is 17.2 Å². The lowest BCUT2D eigenvalue weighted by atomic mass is 9.78. The minimum Gasteiger partial charge on any atom is -0.507 e. The summed E-state index contributed by atoms with van der Waals surface area (Å²) in [6.07, 6.45) is 1.87. The maximum absolute atomic E-state index is 12.3. The molecule has 4 nitrogen and oxygen atoms in total. The van der Waals surface area contributed by atoms with Gasteiger partial charge in [0.05, 0.1) is 17.1 Å². The SMILES string of the molecule is CC(C)c1cccc(-c2ccccc2)c1N(c1cccc(-c2cc(-c3cc(C(C)(C)C)cc(C(C)(C)C)c3)cc(-c3cc(C(C)(C)C)cc(C(C)(C)C)c3O)n2)c1)c1ccccn1. The van der Waals surface area contributed by atoms with E-state index in [-0.39, 0.29) is 33.3 Å². The van der Waals surface area contributed by atoms with Gasteiger partial charge in [0.25, 0.3) is 0 Å². The highest BCUT2D eigenvalue weighted by Crippen LogP contribution is 2.47. The zero-order valence-electron chi connectivity index (χ0n) is 40.1. The van der Waals surface area contributed by atoms with Crippen LogP contribution in [0.25, 0.3) is 44.8 Å². The van der Waals surface area contributed by atoms with Gasteiger partial charge in [0.15, 0.2) is 0 Å². The molecule has 0 radical (unpaired) electrons. The Bertz CT molecular complexity index is 2700. The molecule has 0 saturated heterocycles. The largest absolute Gasteiger partial charge is 0.507 e. The standard InChI is InChI=1S/C59H67N3O/c1-38(2)47-26-21-27-48(39-22-16-15-17-23-39)54(47)62(53-28-18-19-29-60-53)46-25-20-24-40(32-46)51-33-42(41-30-43(56(3,4)5)35-44(31-41)57(6,7)8)34-52(61-51)49-36-45(58(9,10)11)37-50(55(49)63)59(12,13)14/h15-38,63H,1-14H3. The molecule has 0 aliphatic rings. The molecule has 0 aliphatic heterocycles. The monoisotopic (exact) mass is 834 g/mol. The number of aromatic nitrogens is 2. The van der Waals surface area contributed by atoms with Crippen LogP contribution in [0.15, 0.2) is 140 Å². The minimum absolute atomic E-state index is 0.0657. The molecule has 0 atom stereocenters. The predicted molar refractivity (Wildman–Crippen MR) is 269 cm³/mol. The van der Waals surface area contributed by atoms with Crippen LogP contribution in [0.5, 0.6) is 5.75 Å². The Labute approximate surface area is 378 Å². The Morgan fingerprint density at radius 3 is 1.63 bits per heavy atom. The van der Waals surface area contributed by atoms with Gasteiger partial charge in [-0.3, -0.25) is 4.90 Å². The first-order valence-electron chi connectivity index (χ1n) is 22.6. The molecule has 7 aromatic rings. The second kappa shape index (κ2) is 16.9. The van der Waals surface area contributed by atoms with E-state index < -0.39 is 0 Å². The molecule has 0 aliphatic carbocycles. The van der Waals surface area contributed by atoms with Crippen LogP contribution in [0.2, 0.25) is 0 Å². The van der Waals surface area contributed by atoms with Crippen molar-refractivity contribution in [3.8, 4) is 50.5 Å². The molecule has 1 N–H and O–H groups in total. The quantitative estimate of drug-likeness (QED) is 0.166. The molecule has 2 aromatic heterocycles. The van der Waals surface area contributed by atoms with E-state index in [4.69, 9.17) is 9.97 Å². The van der Waals surface area contributed by atoms with Crippen molar-refractivity contribution in [3.63, 3.8) is 0 Å². The number of rotatable bonds is 8. The van der Waals surface area contributed by atoms with Crippen LogP contribution in [-0.2, 0) is 21.7 Å². The molecule has 5 aromatic carbocycles. The van der Waals surface area contributed by atoms with E-state index in [1.54, 1.807) is 0 Å². The first-order chi connectivity index (χ1) is 29.5. The van der Waals surface area contributed by atoms with Crippen molar-refractivity contribution in [2.45, 2.75) is 125 Å². The van der Waals surface area contributed by atoms with Crippen molar-refractivity contribution < 1.29 is 5.11 Å². The molecule has 7 rings (SSSR count). The third kappa shape index (κ3) is 9.66. The molecule has 4 heteroatoms. The zero-order valence-corrected chi connectivity index (χ0v) is 40.1. The summed E-state index contributed by atoms with van der Waals surface area (Å²) in [6, 6.07) is 47.9. The van der Waals surface area contributed by atoms with E-state index in [0.717, 1.165) is 73.1 Å². The molecular weight excluding hydrogens is 767 g/mol. The van der Waals surface area contributed by atoms with Gasteiger partial charge in [-0.2, -0.15) is 0 Å². The van der Waals surface area contributed by atoms with Crippen LogP contribution in [0.3, 0.4) is 0 Å². The molecule has 2 heterocycles. The van der Waals surface area contributed by atoms with Gasteiger partial charge >= 0.3 is 0 Å². The number of pyridine rings is 2. The van der Waals surface area contributed by atoms with E-state index in [0.29, 0.717) is 0 Å². The molecule has 63 heavy (non-hydrogen) atoms. The summed E-state index contributed by atoms with van der Waals surface area (Å²) in [5, 5.41) is 12.3. The lowest BCUT2D eigenvalue weighted by Crippen LogP contribution is -2.17. The van der Waals surface area contributed by atoms with Crippen LogP contribution >= 0.6 is 0 Å². The maximum Gasteiger partial charge on any atom is 0.137 e. The smallest absolute Gasteiger partial charge is 0.137 e. The molecule has 0 bridgehead atoms.